The van der Waals surface area contributed by atoms with Crippen molar-refractivity contribution in [3.8, 4) is 0 Å². The lowest BCUT2D eigenvalue weighted by molar-refractivity contribution is -0.132. The van der Waals surface area contributed by atoms with E-state index in [2.05, 4.69) is 11.4 Å². The van der Waals surface area contributed by atoms with Gasteiger partial charge in [-0.1, -0.05) is 24.3 Å². The molecule has 0 saturated carbocycles. The summed E-state index contributed by atoms with van der Waals surface area (Å²) in [5, 5.41) is 4.91. The first-order valence-corrected chi connectivity index (χ1v) is 8.30. The van der Waals surface area contributed by atoms with E-state index in [0.717, 1.165) is 12.1 Å². The lowest BCUT2D eigenvalue weighted by atomic mass is 10.1. The number of benzene rings is 1. The second kappa shape index (κ2) is 6.75. The zero-order valence-electron chi connectivity index (χ0n) is 12.2. The van der Waals surface area contributed by atoms with E-state index < -0.39 is 5.92 Å². The Morgan fingerprint density at radius 3 is 2.77 bits per heavy atom. The van der Waals surface area contributed by atoms with Gasteiger partial charge >= 0.3 is 0 Å². The Labute approximate surface area is 133 Å². The third-order valence-corrected chi connectivity index (χ3v) is 4.78. The van der Waals surface area contributed by atoms with Gasteiger partial charge in [-0.15, -0.1) is 11.3 Å². The molecule has 1 fully saturated rings. The molecule has 3 rings (SSSR count). The zero-order chi connectivity index (χ0) is 15.4. The molecule has 0 bridgehead atoms. The third kappa shape index (κ3) is 3.20. The van der Waals surface area contributed by atoms with Crippen molar-refractivity contribution in [2.45, 2.75) is 12.8 Å². The van der Waals surface area contributed by atoms with Crippen LogP contribution in [0.15, 0.2) is 47.8 Å². The van der Waals surface area contributed by atoms with E-state index in [1.54, 1.807) is 16.2 Å². The predicted molar refractivity (Wildman–Crippen MR) is 87.9 cm³/mol. The van der Waals surface area contributed by atoms with Gasteiger partial charge in [-0.2, -0.15) is 0 Å². The van der Waals surface area contributed by atoms with E-state index in [9.17, 15) is 9.59 Å². The topological polar surface area (TPSA) is 49.4 Å². The maximum Gasteiger partial charge on any atom is 0.239 e. The molecule has 1 aliphatic rings. The van der Waals surface area contributed by atoms with Crippen LogP contribution in [-0.4, -0.2) is 24.9 Å². The normalized spacial score (nSPS) is 17.7. The van der Waals surface area contributed by atoms with Crippen LogP contribution in [0.2, 0.25) is 0 Å². The summed E-state index contributed by atoms with van der Waals surface area (Å²) in [6, 6.07) is 13.6. The van der Waals surface area contributed by atoms with Crippen LogP contribution < -0.4 is 10.2 Å². The van der Waals surface area contributed by atoms with Crippen molar-refractivity contribution in [2.75, 3.05) is 18.0 Å². The Bertz CT molecular complexity index is 640. The molecule has 0 radical (unpaired) electrons. The van der Waals surface area contributed by atoms with E-state index in [4.69, 9.17) is 0 Å². The minimum absolute atomic E-state index is 0.0974. The molecule has 2 aromatic rings. The highest BCUT2D eigenvalue weighted by Crippen LogP contribution is 2.25. The first kappa shape index (κ1) is 14.8. The van der Waals surface area contributed by atoms with Gasteiger partial charge in [0.25, 0.3) is 0 Å². The predicted octanol–water partition coefficient (Wildman–Crippen LogP) is 2.46. The van der Waals surface area contributed by atoms with Crippen molar-refractivity contribution in [2.24, 2.45) is 5.92 Å². The quantitative estimate of drug-likeness (QED) is 0.862. The zero-order valence-corrected chi connectivity index (χ0v) is 13.0. The highest BCUT2D eigenvalue weighted by Gasteiger charge is 2.37. The number of hydrogen-bond donors (Lipinski definition) is 1. The number of amides is 2. The number of nitrogens with one attached hydrogen (secondary N) is 1. The Morgan fingerprint density at radius 2 is 2.05 bits per heavy atom. The highest BCUT2D eigenvalue weighted by molar-refractivity contribution is 7.09. The molecule has 1 atom stereocenters. The van der Waals surface area contributed by atoms with Crippen LogP contribution in [0.5, 0.6) is 0 Å². The van der Waals surface area contributed by atoms with Crippen molar-refractivity contribution >= 4 is 28.8 Å². The maximum absolute atomic E-state index is 12.4. The number of hydrogen-bond acceptors (Lipinski definition) is 3. The van der Waals surface area contributed by atoms with Gasteiger partial charge in [0.05, 0.1) is 0 Å². The molecule has 1 aliphatic heterocycles. The summed E-state index contributed by atoms with van der Waals surface area (Å²) in [7, 11) is 0. The van der Waals surface area contributed by atoms with Gasteiger partial charge in [0.15, 0.2) is 0 Å². The molecule has 114 valence electrons. The van der Waals surface area contributed by atoms with E-state index >= 15 is 0 Å². The van der Waals surface area contributed by atoms with Crippen LogP contribution >= 0.6 is 11.3 Å². The summed E-state index contributed by atoms with van der Waals surface area (Å²) in [5.41, 5.74) is 0.862. The lowest BCUT2D eigenvalue weighted by Crippen LogP contribution is -2.37. The van der Waals surface area contributed by atoms with Gasteiger partial charge < -0.3 is 10.2 Å². The van der Waals surface area contributed by atoms with Crippen LogP contribution in [0.25, 0.3) is 0 Å². The largest absolute Gasteiger partial charge is 0.355 e. The Hall–Kier alpha value is -2.14. The second-order valence-electron chi connectivity index (χ2n) is 5.29. The first-order valence-electron chi connectivity index (χ1n) is 7.42. The Kier molecular flexibility index (Phi) is 4.53. The summed E-state index contributed by atoms with van der Waals surface area (Å²) in [4.78, 5) is 27.5. The van der Waals surface area contributed by atoms with Crippen molar-refractivity contribution < 1.29 is 9.59 Å². The molecule has 22 heavy (non-hydrogen) atoms. The number of anilines is 1. The molecular formula is C17H18N2O2S. The van der Waals surface area contributed by atoms with Crippen LogP contribution in [-0.2, 0) is 16.0 Å². The fourth-order valence-corrected chi connectivity index (χ4v) is 3.38. The van der Waals surface area contributed by atoms with E-state index in [1.807, 2.05) is 41.8 Å². The minimum Gasteiger partial charge on any atom is -0.355 e. The van der Waals surface area contributed by atoms with Gasteiger partial charge in [-0.25, -0.2) is 0 Å². The third-order valence-electron chi connectivity index (χ3n) is 3.84. The Morgan fingerprint density at radius 1 is 1.23 bits per heavy atom. The molecule has 5 heteroatoms. The summed E-state index contributed by atoms with van der Waals surface area (Å²) in [6.07, 6.45) is 1.39. The van der Waals surface area contributed by atoms with Gasteiger partial charge in [0.2, 0.25) is 11.8 Å². The first-order chi connectivity index (χ1) is 10.8. The average Bonchev–Trinajstić information content (AvgIpc) is 3.18. The molecular weight excluding hydrogens is 296 g/mol. The molecule has 0 aliphatic carbocycles. The maximum atomic E-state index is 12.4. The fourth-order valence-electron chi connectivity index (χ4n) is 2.67. The molecule has 0 spiro atoms. The van der Waals surface area contributed by atoms with Gasteiger partial charge in [0, 0.05) is 23.7 Å². The average molecular weight is 314 g/mol. The SMILES string of the molecule is O=C(NCCc1cccs1)[C@@H]1CCN(c2ccccc2)C1=O. The molecule has 2 heterocycles. The molecule has 2 amide bonds. The fraction of sp³-hybridized carbons (Fsp3) is 0.294. The van der Waals surface area contributed by atoms with E-state index in [-0.39, 0.29) is 11.8 Å². The summed E-state index contributed by atoms with van der Waals surface area (Å²) in [5.74, 6) is -0.802. The molecule has 1 saturated heterocycles. The Balaban J connectivity index is 1.54. The molecule has 1 aromatic heterocycles. The molecule has 4 nitrogen and oxygen atoms in total. The minimum atomic E-state index is -0.552. The summed E-state index contributed by atoms with van der Waals surface area (Å²) >= 11 is 1.68. The number of rotatable bonds is 5. The van der Waals surface area contributed by atoms with Gasteiger partial charge in [-0.3, -0.25) is 9.59 Å². The van der Waals surface area contributed by atoms with Crippen LogP contribution in [0.4, 0.5) is 5.69 Å². The van der Waals surface area contributed by atoms with E-state index in [0.29, 0.717) is 19.5 Å². The van der Waals surface area contributed by atoms with Crippen molar-refractivity contribution in [1.82, 2.24) is 5.32 Å². The van der Waals surface area contributed by atoms with Crippen LogP contribution in [0.3, 0.4) is 0 Å². The number of carbonyl (C=O) groups excluding carboxylic acids is 2. The van der Waals surface area contributed by atoms with Crippen molar-refractivity contribution in [3.63, 3.8) is 0 Å². The standard InChI is InChI=1S/C17H18N2O2S/c20-16(18-10-8-14-7-4-12-22-14)15-9-11-19(17(15)21)13-5-2-1-3-6-13/h1-7,12,15H,8-11H2,(H,18,20)/t15-/m0/s1. The smallest absolute Gasteiger partial charge is 0.239 e. The summed E-state index contributed by atoms with van der Waals surface area (Å²) in [6.45, 7) is 1.18. The molecule has 1 N–H and O–H groups in total. The van der Waals surface area contributed by atoms with Crippen molar-refractivity contribution in [3.05, 3.63) is 52.7 Å². The second-order valence-corrected chi connectivity index (χ2v) is 6.32. The van der Waals surface area contributed by atoms with Gasteiger partial charge in [0.1, 0.15) is 5.92 Å². The molecule has 0 unspecified atom stereocenters. The van der Waals surface area contributed by atoms with E-state index in [1.165, 1.54) is 4.88 Å². The highest BCUT2D eigenvalue weighted by atomic mass is 32.1. The monoisotopic (exact) mass is 314 g/mol. The summed E-state index contributed by atoms with van der Waals surface area (Å²) < 4.78 is 0. The number of thiophene rings is 1. The van der Waals surface area contributed by atoms with Gasteiger partial charge in [-0.05, 0) is 36.4 Å². The lowest BCUT2D eigenvalue weighted by Gasteiger charge is -2.16. The van der Waals surface area contributed by atoms with Crippen LogP contribution in [0.1, 0.15) is 11.3 Å². The van der Waals surface area contributed by atoms with Crippen molar-refractivity contribution in [1.29, 1.82) is 0 Å². The number of carbonyl (C=O) groups is 2. The number of nitrogens with zero attached hydrogens (tertiary/aromatic N) is 1. The molecule has 1 aromatic carbocycles. The van der Waals surface area contributed by atoms with Crippen LogP contribution in [0, 0.1) is 5.92 Å². The number of para-hydroxylation sites is 1.